The summed E-state index contributed by atoms with van der Waals surface area (Å²) in [6.07, 6.45) is 0. The van der Waals surface area contributed by atoms with Gasteiger partial charge in [-0.2, -0.15) is 0 Å². The third kappa shape index (κ3) is 3.59. The Kier molecular flexibility index (Phi) is 4.66. The topological polar surface area (TPSA) is 38.7 Å². The fourth-order valence-electron chi connectivity index (χ4n) is 1.50. The lowest BCUT2D eigenvalue weighted by Gasteiger charge is -2.07. The van der Waals surface area contributed by atoms with Gasteiger partial charge in [0, 0.05) is 17.1 Å². The van der Waals surface area contributed by atoms with Crippen molar-refractivity contribution in [3.8, 4) is 0 Å². The Labute approximate surface area is 126 Å². The normalized spacial score (nSPS) is 10.8. The van der Waals surface area contributed by atoms with Crippen LogP contribution in [0.5, 0.6) is 0 Å². The Morgan fingerprint density at radius 2 is 1.63 bits per heavy atom. The average molecular weight is 314 g/mol. The molecular formula is C13H13Cl2N3S. The van der Waals surface area contributed by atoms with Gasteiger partial charge in [-0.15, -0.1) is 0 Å². The standard InChI is InChI=1S/C13H13Cl2N3S/c1-7-8(2)16-13(17-9(7)3)19-6-11-10(14)4-5-12(15)18-11/h4-5H,6H2,1-3H3. The van der Waals surface area contributed by atoms with Gasteiger partial charge in [0.1, 0.15) is 5.15 Å². The number of thioether (sulfide) groups is 1. The smallest absolute Gasteiger partial charge is 0.188 e. The van der Waals surface area contributed by atoms with Crippen LogP contribution in [0, 0.1) is 20.8 Å². The van der Waals surface area contributed by atoms with Crippen LogP contribution in [-0.4, -0.2) is 15.0 Å². The number of pyridine rings is 1. The molecule has 0 fully saturated rings. The predicted molar refractivity (Wildman–Crippen MR) is 80.1 cm³/mol. The second-order valence-electron chi connectivity index (χ2n) is 4.15. The highest BCUT2D eigenvalue weighted by molar-refractivity contribution is 7.98. The molecule has 0 unspecified atom stereocenters. The Hall–Kier alpha value is -0.840. The molecule has 0 aliphatic heterocycles. The number of nitrogens with zero attached hydrogens (tertiary/aromatic N) is 3. The summed E-state index contributed by atoms with van der Waals surface area (Å²) in [5, 5.41) is 1.79. The van der Waals surface area contributed by atoms with Crippen molar-refractivity contribution < 1.29 is 0 Å². The van der Waals surface area contributed by atoms with Crippen LogP contribution in [0.3, 0.4) is 0 Å². The quantitative estimate of drug-likeness (QED) is 0.478. The number of aryl methyl sites for hydroxylation is 2. The summed E-state index contributed by atoms with van der Waals surface area (Å²) < 4.78 is 0. The third-order valence-corrected chi connectivity index (χ3v) is 4.25. The minimum Gasteiger partial charge on any atom is -0.239 e. The summed E-state index contributed by atoms with van der Waals surface area (Å²) in [7, 11) is 0. The van der Waals surface area contributed by atoms with Gasteiger partial charge in [-0.3, -0.25) is 0 Å². The largest absolute Gasteiger partial charge is 0.239 e. The zero-order valence-corrected chi connectivity index (χ0v) is 13.2. The molecule has 0 amide bonds. The Balaban J connectivity index is 2.17. The van der Waals surface area contributed by atoms with E-state index < -0.39 is 0 Å². The first-order valence-corrected chi connectivity index (χ1v) is 7.47. The van der Waals surface area contributed by atoms with Gasteiger partial charge in [0.05, 0.1) is 10.7 Å². The molecular weight excluding hydrogens is 301 g/mol. The Morgan fingerprint density at radius 3 is 2.26 bits per heavy atom. The second kappa shape index (κ2) is 6.07. The van der Waals surface area contributed by atoms with Crippen molar-refractivity contribution >= 4 is 35.0 Å². The van der Waals surface area contributed by atoms with E-state index in [4.69, 9.17) is 23.2 Å². The molecule has 0 aliphatic rings. The molecule has 2 rings (SSSR count). The lowest BCUT2D eigenvalue weighted by molar-refractivity contribution is 0.880. The molecule has 3 nitrogen and oxygen atoms in total. The minimum absolute atomic E-state index is 0.442. The lowest BCUT2D eigenvalue weighted by atomic mass is 10.2. The van der Waals surface area contributed by atoms with Gasteiger partial charge in [0.15, 0.2) is 5.16 Å². The predicted octanol–water partition coefficient (Wildman–Crippen LogP) is 4.40. The highest BCUT2D eigenvalue weighted by Crippen LogP contribution is 2.25. The number of hydrogen-bond acceptors (Lipinski definition) is 4. The zero-order chi connectivity index (χ0) is 14.0. The molecule has 0 N–H and O–H groups in total. The lowest BCUT2D eigenvalue weighted by Crippen LogP contribution is -1.98. The van der Waals surface area contributed by atoms with Crippen LogP contribution in [0.2, 0.25) is 10.2 Å². The highest BCUT2D eigenvalue weighted by Gasteiger charge is 2.08. The van der Waals surface area contributed by atoms with Crippen molar-refractivity contribution in [3.63, 3.8) is 0 Å². The van der Waals surface area contributed by atoms with Crippen LogP contribution in [0.1, 0.15) is 22.6 Å². The van der Waals surface area contributed by atoms with E-state index in [1.54, 1.807) is 12.1 Å². The molecule has 0 spiro atoms. The summed E-state index contributed by atoms with van der Waals surface area (Å²) in [5.74, 6) is 0.599. The third-order valence-electron chi connectivity index (χ3n) is 2.83. The number of rotatable bonds is 3. The van der Waals surface area contributed by atoms with Crippen LogP contribution in [-0.2, 0) is 5.75 Å². The Bertz CT molecular complexity index is 594. The van der Waals surface area contributed by atoms with E-state index in [1.807, 2.05) is 20.8 Å². The van der Waals surface area contributed by atoms with Crippen molar-refractivity contribution in [2.75, 3.05) is 0 Å². The van der Waals surface area contributed by atoms with Crippen molar-refractivity contribution in [1.82, 2.24) is 15.0 Å². The van der Waals surface area contributed by atoms with E-state index in [2.05, 4.69) is 15.0 Å². The number of halogens is 2. The van der Waals surface area contributed by atoms with E-state index in [9.17, 15) is 0 Å². The monoisotopic (exact) mass is 313 g/mol. The van der Waals surface area contributed by atoms with Gasteiger partial charge in [-0.1, -0.05) is 35.0 Å². The molecule has 0 radical (unpaired) electrons. The first-order valence-electron chi connectivity index (χ1n) is 5.73. The van der Waals surface area contributed by atoms with Gasteiger partial charge >= 0.3 is 0 Å². The molecule has 0 bridgehead atoms. The van der Waals surface area contributed by atoms with E-state index in [0.717, 1.165) is 27.8 Å². The van der Waals surface area contributed by atoms with Crippen molar-refractivity contribution in [3.05, 3.63) is 45.0 Å². The molecule has 2 heterocycles. The number of aromatic nitrogens is 3. The molecule has 0 saturated carbocycles. The molecule has 0 aromatic carbocycles. The summed E-state index contributed by atoms with van der Waals surface area (Å²) in [4.78, 5) is 13.1. The molecule has 0 atom stereocenters. The molecule has 0 aliphatic carbocycles. The summed E-state index contributed by atoms with van der Waals surface area (Å²) in [5.41, 5.74) is 3.88. The van der Waals surface area contributed by atoms with Crippen LogP contribution in [0.4, 0.5) is 0 Å². The fraction of sp³-hybridized carbons (Fsp3) is 0.308. The van der Waals surface area contributed by atoms with E-state index in [-0.39, 0.29) is 0 Å². The number of hydrogen-bond donors (Lipinski definition) is 0. The van der Waals surface area contributed by atoms with Gasteiger partial charge in [-0.25, -0.2) is 15.0 Å². The maximum absolute atomic E-state index is 6.07. The van der Waals surface area contributed by atoms with Crippen LogP contribution in [0.25, 0.3) is 0 Å². The van der Waals surface area contributed by atoms with Crippen molar-refractivity contribution in [1.29, 1.82) is 0 Å². The molecule has 0 saturated heterocycles. The molecule has 2 aromatic rings. The zero-order valence-electron chi connectivity index (χ0n) is 10.9. The highest BCUT2D eigenvalue weighted by atomic mass is 35.5. The van der Waals surface area contributed by atoms with Crippen LogP contribution in [0.15, 0.2) is 17.3 Å². The first kappa shape index (κ1) is 14.6. The van der Waals surface area contributed by atoms with E-state index >= 15 is 0 Å². The van der Waals surface area contributed by atoms with E-state index in [0.29, 0.717) is 15.9 Å². The Morgan fingerprint density at radius 1 is 1.00 bits per heavy atom. The van der Waals surface area contributed by atoms with Crippen molar-refractivity contribution in [2.45, 2.75) is 31.7 Å². The molecule has 2 aromatic heterocycles. The minimum atomic E-state index is 0.442. The second-order valence-corrected chi connectivity index (χ2v) is 5.89. The average Bonchev–Trinajstić information content (AvgIpc) is 2.37. The molecule has 100 valence electrons. The SMILES string of the molecule is Cc1nc(SCc2nc(Cl)ccc2Cl)nc(C)c1C. The van der Waals surface area contributed by atoms with Gasteiger partial charge < -0.3 is 0 Å². The summed E-state index contributed by atoms with van der Waals surface area (Å²) >= 11 is 13.4. The molecule has 6 heteroatoms. The molecule has 19 heavy (non-hydrogen) atoms. The maximum Gasteiger partial charge on any atom is 0.188 e. The van der Waals surface area contributed by atoms with Crippen LogP contribution < -0.4 is 0 Å². The maximum atomic E-state index is 6.07. The first-order chi connectivity index (χ1) is 8.97. The van der Waals surface area contributed by atoms with Crippen LogP contribution >= 0.6 is 35.0 Å². The fourth-order valence-corrected chi connectivity index (χ4v) is 2.80. The van der Waals surface area contributed by atoms with Crippen molar-refractivity contribution in [2.24, 2.45) is 0 Å². The van der Waals surface area contributed by atoms with E-state index in [1.165, 1.54) is 11.8 Å². The summed E-state index contributed by atoms with van der Waals surface area (Å²) in [6.45, 7) is 5.99. The van der Waals surface area contributed by atoms with Gasteiger partial charge in [0.2, 0.25) is 0 Å². The van der Waals surface area contributed by atoms with Gasteiger partial charge in [0.25, 0.3) is 0 Å². The van der Waals surface area contributed by atoms with Gasteiger partial charge in [-0.05, 0) is 38.5 Å². The summed E-state index contributed by atoms with van der Waals surface area (Å²) in [6, 6.07) is 3.42.